The third-order valence-corrected chi connectivity index (χ3v) is 6.64. The summed E-state index contributed by atoms with van der Waals surface area (Å²) in [7, 11) is 0. The molecular weight excluding hydrogens is 508 g/mol. The van der Waals surface area contributed by atoms with Crippen LogP contribution in [0.25, 0.3) is 5.69 Å². The number of rotatable bonds is 8. The van der Waals surface area contributed by atoms with E-state index in [-0.39, 0.29) is 17.9 Å². The van der Waals surface area contributed by atoms with Gasteiger partial charge in [-0.2, -0.15) is 5.10 Å². The van der Waals surface area contributed by atoms with Crippen molar-refractivity contribution in [3.05, 3.63) is 65.5 Å². The van der Waals surface area contributed by atoms with Crippen molar-refractivity contribution in [3.63, 3.8) is 0 Å². The molecule has 1 N–H and O–H groups in total. The van der Waals surface area contributed by atoms with E-state index in [1.54, 1.807) is 23.2 Å². The number of anilines is 1. The Labute approximate surface area is 236 Å². The third-order valence-electron chi connectivity index (χ3n) is 6.64. The van der Waals surface area contributed by atoms with Crippen molar-refractivity contribution < 1.29 is 23.8 Å². The molecule has 9 nitrogen and oxygen atoms in total. The van der Waals surface area contributed by atoms with Crippen LogP contribution in [0.5, 0.6) is 11.5 Å². The minimum Gasteiger partial charge on any atom is -0.494 e. The Morgan fingerprint density at radius 3 is 2.40 bits per heavy atom. The minimum absolute atomic E-state index is 0.0172. The number of likely N-dealkylation sites (tertiary alicyclic amines) is 1. The predicted octanol–water partition coefficient (Wildman–Crippen LogP) is 6.34. The summed E-state index contributed by atoms with van der Waals surface area (Å²) >= 11 is 0. The number of carbonyl (C=O) groups is 2. The van der Waals surface area contributed by atoms with Crippen molar-refractivity contribution in [2.45, 2.75) is 65.9 Å². The lowest BCUT2D eigenvalue weighted by atomic mass is 9.90. The SMILES string of the molecule is CCOc1ccc(OCC)c(NC(=O)c2cnn(-c3cccc(C)c3)c2C2CCN(C(=O)OC(C)(C)C)CC2)c1. The standard InChI is InChI=1S/C31H40N4O5/c1-7-38-24-12-13-27(39-8-2)26(19-24)33-29(36)25-20-32-35(23-11-9-10-21(3)18-23)28(25)22-14-16-34(17-15-22)30(37)40-31(4,5)6/h9-13,18-20,22H,7-8,14-17H2,1-6H3,(H,33,36). The molecule has 3 aromatic rings. The maximum absolute atomic E-state index is 13.8. The second-order valence-corrected chi connectivity index (χ2v) is 10.9. The average molecular weight is 549 g/mol. The number of piperidine rings is 1. The van der Waals surface area contributed by atoms with Crippen LogP contribution in [0, 0.1) is 6.92 Å². The minimum atomic E-state index is -0.553. The van der Waals surface area contributed by atoms with Crippen LogP contribution in [0.4, 0.5) is 10.5 Å². The molecule has 2 amide bonds. The van der Waals surface area contributed by atoms with Crippen LogP contribution < -0.4 is 14.8 Å². The fourth-order valence-corrected chi connectivity index (χ4v) is 4.89. The highest BCUT2D eigenvalue weighted by Gasteiger charge is 2.32. The van der Waals surface area contributed by atoms with E-state index in [9.17, 15) is 9.59 Å². The van der Waals surface area contributed by atoms with E-state index in [1.807, 2.05) is 76.6 Å². The summed E-state index contributed by atoms with van der Waals surface area (Å²) in [5.74, 6) is 0.950. The number of aromatic nitrogens is 2. The van der Waals surface area contributed by atoms with Crippen molar-refractivity contribution in [2.24, 2.45) is 0 Å². The number of nitrogens with zero attached hydrogens (tertiary/aromatic N) is 3. The van der Waals surface area contributed by atoms with Gasteiger partial charge < -0.3 is 24.4 Å². The van der Waals surface area contributed by atoms with Gasteiger partial charge in [-0.25, -0.2) is 9.48 Å². The van der Waals surface area contributed by atoms with Crippen LogP contribution in [0.15, 0.2) is 48.7 Å². The summed E-state index contributed by atoms with van der Waals surface area (Å²) in [4.78, 5) is 28.2. The second-order valence-electron chi connectivity index (χ2n) is 10.9. The first kappa shape index (κ1) is 29.0. The van der Waals surface area contributed by atoms with Crippen LogP contribution >= 0.6 is 0 Å². The Hall–Kier alpha value is -4.01. The van der Waals surface area contributed by atoms with Gasteiger partial charge in [-0.1, -0.05) is 12.1 Å². The molecular formula is C31H40N4O5. The van der Waals surface area contributed by atoms with Gasteiger partial charge in [0.2, 0.25) is 0 Å². The molecule has 1 aliphatic heterocycles. The van der Waals surface area contributed by atoms with E-state index in [1.165, 1.54) is 0 Å². The Kier molecular flexibility index (Phi) is 9.02. The zero-order chi connectivity index (χ0) is 28.9. The molecule has 0 radical (unpaired) electrons. The lowest BCUT2D eigenvalue weighted by molar-refractivity contribution is 0.0203. The van der Waals surface area contributed by atoms with E-state index in [2.05, 4.69) is 10.4 Å². The van der Waals surface area contributed by atoms with E-state index in [4.69, 9.17) is 14.2 Å². The topological polar surface area (TPSA) is 94.9 Å². The molecule has 1 saturated heterocycles. The van der Waals surface area contributed by atoms with E-state index in [0.29, 0.717) is 61.9 Å². The van der Waals surface area contributed by atoms with Crippen molar-refractivity contribution >= 4 is 17.7 Å². The zero-order valence-electron chi connectivity index (χ0n) is 24.3. The zero-order valence-corrected chi connectivity index (χ0v) is 24.3. The number of nitrogens with one attached hydrogen (secondary N) is 1. The van der Waals surface area contributed by atoms with Crippen LogP contribution in [0.3, 0.4) is 0 Å². The number of ether oxygens (including phenoxy) is 3. The number of hydrogen-bond acceptors (Lipinski definition) is 6. The molecule has 4 rings (SSSR count). The Morgan fingerprint density at radius 2 is 1.75 bits per heavy atom. The molecule has 2 aromatic carbocycles. The van der Waals surface area contributed by atoms with Crippen LogP contribution in [-0.2, 0) is 4.74 Å². The summed E-state index contributed by atoms with van der Waals surface area (Å²) in [5, 5.41) is 7.71. The lowest BCUT2D eigenvalue weighted by Gasteiger charge is -2.34. The molecule has 0 spiro atoms. The highest BCUT2D eigenvalue weighted by atomic mass is 16.6. The smallest absolute Gasteiger partial charge is 0.410 e. The first-order chi connectivity index (χ1) is 19.1. The summed E-state index contributed by atoms with van der Waals surface area (Å²) in [6, 6.07) is 13.4. The molecule has 40 heavy (non-hydrogen) atoms. The van der Waals surface area contributed by atoms with Crippen molar-refractivity contribution in [1.82, 2.24) is 14.7 Å². The fourth-order valence-electron chi connectivity index (χ4n) is 4.89. The van der Waals surface area contributed by atoms with Crippen LogP contribution in [-0.4, -0.2) is 58.6 Å². The summed E-state index contributed by atoms with van der Waals surface area (Å²) < 4.78 is 18.9. The first-order valence-electron chi connectivity index (χ1n) is 13.9. The summed E-state index contributed by atoms with van der Waals surface area (Å²) in [5.41, 5.74) is 3.28. The van der Waals surface area contributed by atoms with Crippen LogP contribution in [0.1, 0.15) is 75.0 Å². The quantitative estimate of drug-likeness (QED) is 0.353. The highest BCUT2D eigenvalue weighted by Crippen LogP contribution is 2.35. The van der Waals surface area contributed by atoms with Crippen molar-refractivity contribution in [3.8, 4) is 17.2 Å². The monoisotopic (exact) mass is 548 g/mol. The summed E-state index contributed by atoms with van der Waals surface area (Å²) in [6.45, 7) is 13.5. The molecule has 214 valence electrons. The first-order valence-corrected chi connectivity index (χ1v) is 13.9. The van der Waals surface area contributed by atoms with Gasteiger partial charge in [0.15, 0.2) is 0 Å². The van der Waals surface area contributed by atoms with Gasteiger partial charge in [0.1, 0.15) is 17.1 Å². The average Bonchev–Trinajstić information content (AvgIpc) is 3.35. The van der Waals surface area contributed by atoms with Crippen molar-refractivity contribution in [1.29, 1.82) is 0 Å². The van der Waals surface area contributed by atoms with Gasteiger partial charge in [-0.3, -0.25) is 4.79 Å². The maximum atomic E-state index is 13.8. The Balaban J connectivity index is 1.65. The predicted molar refractivity (Wildman–Crippen MR) is 155 cm³/mol. The second kappa shape index (κ2) is 12.4. The number of amides is 2. The fraction of sp³-hybridized carbons (Fsp3) is 0.452. The molecule has 0 saturated carbocycles. The van der Waals surface area contributed by atoms with Gasteiger partial charge in [0.05, 0.1) is 42.0 Å². The normalized spacial score (nSPS) is 14.1. The van der Waals surface area contributed by atoms with Gasteiger partial charge in [0, 0.05) is 25.1 Å². The summed E-state index contributed by atoms with van der Waals surface area (Å²) in [6.07, 6.45) is 2.68. The number of aryl methyl sites for hydroxylation is 1. The largest absolute Gasteiger partial charge is 0.494 e. The van der Waals surface area contributed by atoms with Gasteiger partial charge >= 0.3 is 6.09 Å². The molecule has 0 bridgehead atoms. The lowest BCUT2D eigenvalue weighted by Crippen LogP contribution is -2.41. The Bertz CT molecular complexity index is 1340. The molecule has 1 aromatic heterocycles. The number of carbonyl (C=O) groups excluding carboxylic acids is 2. The Morgan fingerprint density at radius 1 is 1.02 bits per heavy atom. The molecule has 2 heterocycles. The number of benzene rings is 2. The van der Waals surface area contributed by atoms with E-state index >= 15 is 0 Å². The van der Waals surface area contributed by atoms with Gasteiger partial charge in [-0.05, 0) is 84.2 Å². The van der Waals surface area contributed by atoms with Gasteiger partial charge in [-0.15, -0.1) is 0 Å². The molecule has 1 fully saturated rings. The molecule has 0 unspecified atom stereocenters. The molecule has 1 aliphatic rings. The highest BCUT2D eigenvalue weighted by molar-refractivity contribution is 6.06. The molecule has 0 aliphatic carbocycles. The van der Waals surface area contributed by atoms with Crippen molar-refractivity contribution in [2.75, 3.05) is 31.6 Å². The van der Waals surface area contributed by atoms with E-state index in [0.717, 1.165) is 16.9 Å². The van der Waals surface area contributed by atoms with Crippen LogP contribution in [0.2, 0.25) is 0 Å². The van der Waals surface area contributed by atoms with E-state index < -0.39 is 5.60 Å². The molecule has 9 heteroatoms. The maximum Gasteiger partial charge on any atom is 0.410 e. The molecule has 0 atom stereocenters. The third kappa shape index (κ3) is 6.94. The number of hydrogen-bond donors (Lipinski definition) is 1. The van der Waals surface area contributed by atoms with Gasteiger partial charge in [0.25, 0.3) is 5.91 Å².